The molecule has 1 aliphatic carbocycles. The van der Waals surface area contributed by atoms with Crippen molar-refractivity contribution in [3.8, 4) is 0 Å². The summed E-state index contributed by atoms with van der Waals surface area (Å²) in [6.45, 7) is 9.57. The Morgan fingerprint density at radius 3 is 2.35 bits per heavy atom. The SMILES string of the molecule is C[C@H](NC1CCC2(CCN(C(=O)OC(C)(C)C)CC2)c2ccccc21)c1ccccc1. The highest BCUT2D eigenvalue weighted by molar-refractivity contribution is 5.68. The minimum Gasteiger partial charge on any atom is -0.444 e. The molecule has 166 valence electrons. The first-order valence-electron chi connectivity index (χ1n) is 11.7. The van der Waals surface area contributed by atoms with E-state index < -0.39 is 5.60 Å². The Bertz CT molecular complexity index is 895. The molecule has 2 aliphatic rings. The molecule has 1 fully saturated rings. The monoisotopic (exact) mass is 420 g/mol. The third kappa shape index (κ3) is 4.79. The van der Waals surface area contributed by atoms with Gasteiger partial charge in [0.25, 0.3) is 0 Å². The van der Waals surface area contributed by atoms with Crippen LogP contribution in [0.25, 0.3) is 0 Å². The molecule has 1 amide bonds. The molecule has 0 bridgehead atoms. The summed E-state index contributed by atoms with van der Waals surface area (Å²) in [6.07, 6.45) is 4.11. The van der Waals surface area contributed by atoms with Gasteiger partial charge in [-0.15, -0.1) is 0 Å². The molecule has 1 aliphatic heterocycles. The van der Waals surface area contributed by atoms with Gasteiger partial charge in [0.1, 0.15) is 5.60 Å². The van der Waals surface area contributed by atoms with Crippen LogP contribution in [-0.4, -0.2) is 29.7 Å². The molecule has 2 aromatic carbocycles. The fraction of sp³-hybridized carbons (Fsp3) is 0.519. The maximum atomic E-state index is 12.5. The van der Waals surface area contributed by atoms with Gasteiger partial charge >= 0.3 is 6.09 Å². The number of hydrogen-bond acceptors (Lipinski definition) is 3. The summed E-state index contributed by atoms with van der Waals surface area (Å²) >= 11 is 0. The van der Waals surface area contributed by atoms with E-state index in [4.69, 9.17) is 4.74 Å². The quantitative estimate of drug-likeness (QED) is 0.648. The van der Waals surface area contributed by atoms with Crippen LogP contribution in [0.3, 0.4) is 0 Å². The number of carbonyl (C=O) groups excluding carboxylic acids is 1. The predicted molar refractivity (Wildman–Crippen MR) is 125 cm³/mol. The van der Waals surface area contributed by atoms with E-state index in [1.54, 1.807) is 0 Å². The molecule has 1 heterocycles. The number of piperidine rings is 1. The third-order valence-corrected chi connectivity index (χ3v) is 6.94. The van der Waals surface area contributed by atoms with Crippen molar-refractivity contribution in [3.05, 3.63) is 71.3 Å². The largest absolute Gasteiger partial charge is 0.444 e. The molecule has 0 aromatic heterocycles. The molecule has 0 saturated carbocycles. The summed E-state index contributed by atoms with van der Waals surface area (Å²) in [4.78, 5) is 14.4. The Morgan fingerprint density at radius 2 is 1.68 bits per heavy atom. The second-order valence-electron chi connectivity index (χ2n) is 10.2. The van der Waals surface area contributed by atoms with E-state index >= 15 is 0 Å². The highest BCUT2D eigenvalue weighted by atomic mass is 16.6. The molecule has 4 heteroatoms. The first kappa shape index (κ1) is 21.9. The Morgan fingerprint density at radius 1 is 1.03 bits per heavy atom. The van der Waals surface area contributed by atoms with E-state index in [9.17, 15) is 4.79 Å². The lowest BCUT2D eigenvalue weighted by atomic mass is 9.63. The number of nitrogens with one attached hydrogen (secondary N) is 1. The smallest absolute Gasteiger partial charge is 0.410 e. The van der Waals surface area contributed by atoms with Gasteiger partial charge < -0.3 is 15.0 Å². The summed E-state index contributed by atoms with van der Waals surface area (Å²) in [5.74, 6) is 0. The van der Waals surface area contributed by atoms with Crippen molar-refractivity contribution in [2.24, 2.45) is 0 Å². The van der Waals surface area contributed by atoms with Crippen LogP contribution in [0.2, 0.25) is 0 Å². The van der Waals surface area contributed by atoms with Gasteiger partial charge in [-0.05, 0) is 75.5 Å². The highest BCUT2D eigenvalue weighted by Crippen LogP contribution is 2.48. The van der Waals surface area contributed by atoms with E-state index in [0.717, 1.165) is 38.8 Å². The molecule has 1 saturated heterocycles. The third-order valence-electron chi connectivity index (χ3n) is 6.94. The molecule has 1 N–H and O–H groups in total. The molecular weight excluding hydrogens is 384 g/mol. The van der Waals surface area contributed by atoms with E-state index in [1.807, 2.05) is 25.7 Å². The van der Waals surface area contributed by atoms with Gasteiger partial charge in [-0.25, -0.2) is 4.79 Å². The van der Waals surface area contributed by atoms with Crippen LogP contribution in [0.4, 0.5) is 4.79 Å². The molecule has 4 rings (SSSR count). The van der Waals surface area contributed by atoms with Gasteiger partial charge in [-0.2, -0.15) is 0 Å². The Balaban J connectivity index is 1.48. The van der Waals surface area contributed by atoms with Gasteiger partial charge in [-0.1, -0.05) is 54.6 Å². The summed E-state index contributed by atoms with van der Waals surface area (Å²) in [6, 6.07) is 20.3. The number of amides is 1. The minimum atomic E-state index is -0.446. The van der Waals surface area contributed by atoms with Crippen molar-refractivity contribution in [1.29, 1.82) is 0 Å². The first-order chi connectivity index (χ1) is 14.8. The van der Waals surface area contributed by atoms with Crippen LogP contribution in [0.15, 0.2) is 54.6 Å². The Kier molecular flexibility index (Phi) is 6.11. The molecular formula is C27H36N2O2. The first-order valence-corrected chi connectivity index (χ1v) is 11.7. The van der Waals surface area contributed by atoms with Gasteiger partial charge in [-0.3, -0.25) is 0 Å². The Labute approximate surface area is 187 Å². The molecule has 1 unspecified atom stereocenters. The van der Waals surface area contributed by atoms with Crippen LogP contribution in [-0.2, 0) is 10.2 Å². The fourth-order valence-corrected chi connectivity index (χ4v) is 5.27. The number of hydrogen-bond donors (Lipinski definition) is 1. The molecule has 1 spiro atoms. The lowest BCUT2D eigenvalue weighted by Gasteiger charge is -2.47. The minimum absolute atomic E-state index is 0.170. The number of nitrogens with zero attached hydrogens (tertiary/aromatic N) is 1. The maximum Gasteiger partial charge on any atom is 0.410 e. The zero-order valence-corrected chi connectivity index (χ0v) is 19.4. The van der Waals surface area contributed by atoms with Crippen molar-refractivity contribution < 1.29 is 9.53 Å². The van der Waals surface area contributed by atoms with E-state index in [1.165, 1.54) is 16.7 Å². The summed E-state index contributed by atoms with van der Waals surface area (Å²) in [5, 5.41) is 3.88. The Hall–Kier alpha value is -2.33. The lowest BCUT2D eigenvalue weighted by Crippen LogP contribution is -2.48. The standard InChI is InChI=1S/C27H36N2O2/c1-20(21-10-6-5-7-11-21)28-24-14-15-27(23-13-9-8-12-22(23)24)16-18-29(19-17-27)25(30)31-26(2,3)4/h5-13,20,24,28H,14-19H2,1-4H3/t20-,24?/m0/s1. The zero-order valence-electron chi connectivity index (χ0n) is 19.4. The summed E-state index contributed by atoms with van der Waals surface area (Å²) < 4.78 is 5.60. The van der Waals surface area contributed by atoms with Crippen LogP contribution >= 0.6 is 0 Å². The maximum absolute atomic E-state index is 12.5. The predicted octanol–water partition coefficient (Wildman–Crippen LogP) is 6.14. The van der Waals surface area contributed by atoms with Gasteiger partial charge in [0.15, 0.2) is 0 Å². The van der Waals surface area contributed by atoms with Crippen molar-refractivity contribution in [2.75, 3.05) is 13.1 Å². The number of fused-ring (bicyclic) bond motifs is 2. The number of rotatable bonds is 3. The average molecular weight is 421 g/mol. The summed E-state index contributed by atoms with van der Waals surface area (Å²) in [7, 11) is 0. The van der Waals surface area contributed by atoms with Gasteiger partial charge in [0.05, 0.1) is 0 Å². The summed E-state index contributed by atoms with van der Waals surface area (Å²) in [5.41, 5.74) is 3.96. The second kappa shape index (κ2) is 8.66. The highest BCUT2D eigenvalue weighted by Gasteiger charge is 2.43. The van der Waals surface area contributed by atoms with Crippen molar-refractivity contribution in [1.82, 2.24) is 10.2 Å². The van der Waals surface area contributed by atoms with Crippen LogP contribution in [0.1, 0.15) is 82.2 Å². The van der Waals surface area contributed by atoms with Crippen molar-refractivity contribution >= 4 is 6.09 Å². The molecule has 0 radical (unpaired) electrons. The van der Waals surface area contributed by atoms with Crippen molar-refractivity contribution in [3.63, 3.8) is 0 Å². The van der Waals surface area contributed by atoms with Crippen LogP contribution < -0.4 is 5.32 Å². The molecule has 2 atom stereocenters. The molecule has 31 heavy (non-hydrogen) atoms. The van der Waals surface area contributed by atoms with E-state index in [2.05, 4.69) is 66.8 Å². The zero-order chi connectivity index (χ0) is 22.1. The van der Waals surface area contributed by atoms with Crippen LogP contribution in [0, 0.1) is 0 Å². The normalized spacial score (nSPS) is 21.4. The lowest BCUT2D eigenvalue weighted by molar-refractivity contribution is 0.0150. The number of carbonyl (C=O) groups is 1. The van der Waals surface area contributed by atoms with Gasteiger partial charge in [0.2, 0.25) is 0 Å². The molecule has 4 nitrogen and oxygen atoms in total. The van der Waals surface area contributed by atoms with E-state index in [0.29, 0.717) is 12.1 Å². The topological polar surface area (TPSA) is 41.6 Å². The molecule has 2 aromatic rings. The van der Waals surface area contributed by atoms with Gasteiger partial charge in [0, 0.05) is 25.2 Å². The van der Waals surface area contributed by atoms with Crippen LogP contribution in [0.5, 0.6) is 0 Å². The second-order valence-corrected chi connectivity index (χ2v) is 10.2. The fourth-order valence-electron chi connectivity index (χ4n) is 5.27. The number of likely N-dealkylation sites (tertiary alicyclic amines) is 1. The van der Waals surface area contributed by atoms with Crippen molar-refractivity contribution in [2.45, 2.75) is 76.5 Å². The van der Waals surface area contributed by atoms with E-state index in [-0.39, 0.29) is 11.5 Å². The number of benzene rings is 2. The average Bonchev–Trinajstić information content (AvgIpc) is 2.76. The number of ether oxygens (including phenoxy) is 1.